The number of carbonyl (C=O) groups is 3. The van der Waals surface area contributed by atoms with Gasteiger partial charge in [0.1, 0.15) is 0 Å². The van der Waals surface area contributed by atoms with E-state index in [1.807, 2.05) is 0 Å². The van der Waals surface area contributed by atoms with Crippen molar-refractivity contribution >= 4 is 44.8 Å². The molecule has 3 amide bonds. The van der Waals surface area contributed by atoms with Gasteiger partial charge in [0.25, 0.3) is 11.8 Å². The number of amides is 3. The van der Waals surface area contributed by atoms with Crippen LogP contribution >= 0.6 is 11.6 Å². The van der Waals surface area contributed by atoms with Crippen molar-refractivity contribution in [2.45, 2.75) is 35.6 Å². The SMILES string of the molecule is O=C(NCCCN1CCCC1=O)c1ccc2c(c1)N(Cc1cccc(Cl)c1)C(=O)c1ccccc1S2(=O)=O. The van der Waals surface area contributed by atoms with Gasteiger partial charge in [0.2, 0.25) is 15.7 Å². The summed E-state index contributed by atoms with van der Waals surface area (Å²) in [6.45, 7) is 1.73. The standard InChI is InChI=1S/C28H26ClN3O5S/c29-21-7-3-6-19(16-21)18-32-23-17-20(27(34)30-13-5-15-31-14-4-10-26(31)33)11-12-25(23)38(36,37)24-9-2-1-8-22(24)28(32)35/h1-3,6-9,11-12,16-17H,4-5,10,13-15,18H2,(H,30,34). The normalized spacial score (nSPS) is 16.1. The van der Waals surface area contributed by atoms with E-state index in [2.05, 4.69) is 5.32 Å². The Morgan fingerprint density at radius 1 is 0.974 bits per heavy atom. The number of halogens is 1. The first-order valence-corrected chi connectivity index (χ1v) is 14.2. The minimum absolute atomic E-state index is 0.0538. The Balaban J connectivity index is 1.46. The monoisotopic (exact) mass is 551 g/mol. The summed E-state index contributed by atoms with van der Waals surface area (Å²) in [6.07, 6.45) is 2.03. The number of hydrogen-bond acceptors (Lipinski definition) is 5. The van der Waals surface area contributed by atoms with Gasteiger partial charge in [-0.25, -0.2) is 8.42 Å². The van der Waals surface area contributed by atoms with Crippen molar-refractivity contribution in [3.05, 3.63) is 88.4 Å². The molecule has 3 aromatic rings. The Morgan fingerprint density at radius 2 is 1.79 bits per heavy atom. The van der Waals surface area contributed by atoms with E-state index in [-0.39, 0.29) is 39.1 Å². The minimum Gasteiger partial charge on any atom is -0.352 e. The van der Waals surface area contributed by atoms with Crippen molar-refractivity contribution in [2.24, 2.45) is 0 Å². The molecule has 10 heteroatoms. The predicted molar refractivity (Wildman–Crippen MR) is 143 cm³/mol. The molecule has 2 aliphatic heterocycles. The summed E-state index contributed by atoms with van der Waals surface area (Å²) in [7, 11) is -4.04. The molecule has 0 radical (unpaired) electrons. The zero-order valence-corrected chi connectivity index (χ0v) is 22.1. The molecule has 38 heavy (non-hydrogen) atoms. The fraction of sp³-hybridized carbons (Fsp3) is 0.250. The van der Waals surface area contributed by atoms with Crippen LogP contribution in [-0.2, 0) is 21.2 Å². The minimum atomic E-state index is -4.04. The van der Waals surface area contributed by atoms with Gasteiger partial charge in [-0.2, -0.15) is 0 Å². The molecular weight excluding hydrogens is 526 g/mol. The Labute approximate surface area is 226 Å². The highest BCUT2D eigenvalue weighted by atomic mass is 35.5. The van der Waals surface area contributed by atoms with Crippen LogP contribution in [0.3, 0.4) is 0 Å². The summed E-state index contributed by atoms with van der Waals surface area (Å²) in [5.74, 6) is -0.751. The highest BCUT2D eigenvalue weighted by molar-refractivity contribution is 7.91. The predicted octanol–water partition coefficient (Wildman–Crippen LogP) is 4.08. The zero-order valence-electron chi connectivity index (χ0n) is 20.5. The maximum absolute atomic E-state index is 13.7. The lowest BCUT2D eigenvalue weighted by Crippen LogP contribution is -2.32. The molecule has 3 aromatic carbocycles. The Kier molecular flexibility index (Phi) is 7.23. The molecule has 1 N–H and O–H groups in total. The van der Waals surface area contributed by atoms with Gasteiger partial charge < -0.3 is 15.1 Å². The third kappa shape index (κ3) is 5.04. The average molecular weight is 552 g/mol. The third-order valence-corrected chi connectivity index (χ3v) is 8.84. The maximum Gasteiger partial charge on any atom is 0.259 e. The first-order valence-electron chi connectivity index (χ1n) is 12.4. The number of sulfone groups is 1. The van der Waals surface area contributed by atoms with Gasteiger partial charge in [0, 0.05) is 36.6 Å². The molecule has 2 aliphatic rings. The van der Waals surface area contributed by atoms with Crippen molar-refractivity contribution in [1.82, 2.24) is 10.2 Å². The van der Waals surface area contributed by atoms with E-state index in [1.54, 1.807) is 41.3 Å². The van der Waals surface area contributed by atoms with Crippen molar-refractivity contribution < 1.29 is 22.8 Å². The van der Waals surface area contributed by atoms with E-state index in [0.29, 0.717) is 36.5 Å². The summed E-state index contributed by atoms with van der Waals surface area (Å²) in [5, 5.41) is 3.32. The number of anilines is 1. The first kappa shape index (κ1) is 25.9. The molecule has 5 rings (SSSR count). The van der Waals surface area contributed by atoms with Gasteiger partial charge in [0.05, 0.1) is 27.6 Å². The van der Waals surface area contributed by atoms with Crippen LogP contribution < -0.4 is 10.2 Å². The molecule has 196 valence electrons. The van der Waals surface area contributed by atoms with E-state index in [9.17, 15) is 22.8 Å². The van der Waals surface area contributed by atoms with E-state index < -0.39 is 21.7 Å². The molecule has 8 nitrogen and oxygen atoms in total. The molecule has 0 bridgehead atoms. The van der Waals surface area contributed by atoms with Crippen LogP contribution in [0.4, 0.5) is 5.69 Å². The van der Waals surface area contributed by atoms with Crippen LogP contribution in [0.2, 0.25) is 5.02 Å². The molecule has 0 atom stereocenters. The van der Waals surface area contributed by atoms with Crippen LogP contribution in [-0.4, -0.2) is 50.7 Å². The van der Waals surface area contributed by atoms with Gasteiger partial charge >= 0.3 is 0 Å². The Morgan fingerprint density at radius 3 is 2.55 bits per heavy atom. The molecule has 0 aliphatic carbocycles. The summed E-state index contributed by atoms with van der Waals surface area (Å²) in [5.41, 5.74) is 1.13. The second kappa shape index (κ2) is 10.6. The molecule has 0 aromatic heterocycles. The Hall–Kier alpha value is -3.69. The van der Waals surface area contributed by atoms with Crippen molar-refractivity contribution in [3.63, 3.8) is 0 Å². The van der Waals surface area contributed by atoms with E-state index in [0.717, 1.165) is 13.0 Å². The molecule has 1 fully saturated rings. The van der Waals surface area contributed by atoms with Crippen molar-refractivity contribution in [1.29, 1.82) is 0 Å². The third-order valence-electron chi connectivity index (χ3n) is 6.75. The molecule has 0 unspecified atom stereocenters. The van der Waals surface area contributed by atoms with Crippen molar-refractivity contribution in [3.8, 4) is 0 Å². The van der Waals surface area contributed by atoms with Crippen LogP contribution in [0.25, 0.3) is 0 Å². The van der Waals surface area contributed by atoms with Crippen LogP contribution in [0.5, 0.6) is 0 Å². The first-order chi connectivity index (χ1) is 18.3. The lowest BCUT2D eigenvalue weighted by Gasteiger charge is -2.23. The summed E-state index contributed by atoms with van der Waals surface area (Å²) >= 11 is 6.16. The molecule has 0 saturated carbocycles. The van der Waals surface area contributed by atoms with E-state index >= 15 is 0 Å². The summed E-state index contributed by atoms with van der Waals surface area (Å²) in [4.78, 5) is 41.5. The second-order valence-corrected chi connectivity index (χ2v) is 11.6. The van der Waals surface area contributed by atoms with Crippen LogP contribution in [0.15, 0.2) is 76.5 Å². The fourth-order valence-corrected chi connectivity index (χ4v) is 6.68. The smallest absolute Gasteiger partial charge is 0.259 e. The van der Waals surface area contributed by atoms with E-state index in [1.165, 1.54) is 35.2 Å². The number of hydrogen-bond donors (Lipinski definition) is 1. The average Bonchev–Trinajstić information content (AvgIpc) is 3.30. The lowest BCUT2D eigenvalue weighted by atomic mass is 10.1. The number of carbonyl (C=O) groups excluding carboxylic acids is 3. The number of likely N-dealkylation sites (tertiary alicyclic amines) is 1. The Bertz CT molecular complexity index is 1540. The maximum atomic E-state index is 13.7. The van der Waals surface area contributed by atoms with Gasteiger partial charge in [-0.3, -0.25) is 14.4 Å². The lowest BCUT2D eigenvalue weighted by molar-refractivity contribution is -0.127. The van der Waals surface area contributed by atoms with Gasteiger partial charge in [-0.05, 0) is 60.9 Å². The van der Waals surface area contributed by atoms with E-state index in [4.69, 9.17) is 11.6 Å². The van der Waals surface area contributed by atoms with Crippen LogP contribution in [0, 0.1) is 0 Å². The van der Waals surface area contributed by atoms with Gasteiger partial charge in [0.15, 0.2) is 0 Å². The number of nitrogens with one attached hydrogen (secondary N) is 1. The number of fused-ring (bicyclic) bond motifs is 2. The number of benzene rings is 3. The van der Waals surface area contributed by atoms with Crippen molar-refractivity contribution in [2.75, 3.05) is 24.5 Å². The quantitative estimate of drug-likeness (QED) is 0.446. The fourth-order valence-electron chi connectivity index (χ4n) is 4.84. The van der Waals surface area contributed by atoms with Gasteiger partial charge in [-0.1, -0.05) is 35.9 Å². The molecule has 2 heterocycles. The number of rotatable bonds is 7. The molecule has 0 spiro atoms. The summed E-state index contributed by atoms with van der Waals surface area (Å²) < 4.78 is 27.2. The number of nitrogens with zero attached hydrogens (tertiary/aromatic N) is 2. The molecular formula is C28H26ClN3O5S. The summed E-state index contributed by atoms with van der Waals surface area (Å²) in [6, 6.07) is 17.4. The molecule has 1 saturated heterocycles. The highest BCUT2D eigenvalue weighted by Crippen LogP contribution is 2.38. The zero-order chi connectivity index (χ0) is 26.9. The second-order valence-electron chi connectivity index (χ2n) is 9.30. The van der Waals surface area contributed by atoms with Crippen LogP contribution in [0.1, 0.15) is 45.5 Å². The largest absolute Gasteiger partial charge is 0.352 e. The van der Waals surface area contributed by atoms with Gasteiger partial charge in [-0.15, -0.1) is 0 Å². The highest BCUT2D eigenvalue weighted by Gasteiger charge is 2.36. The topological polar surface area (TPSA) is 104 Å².